The second-order valence-electron chi connectivity index (χ2n) is 4.93. The first-order valence-electron chi connectivity index (χ1n) is 6.12. The van der Waals surface area contributed by atoms with Gasteiger partial charge in [0.2, 0.25) is 0 Å². The molecule has 0 amide bonds. The molecule has 1 aliphatic rings. The lowest BCUT2D eigenvalue weighted by Crippen LogP contribution is -2.33. The second-order valence-corrected chi connectivity index (χ2v) is 5.36. The summed E-state index contributed by atoms with van der Waals surface area (Å²) in [6.45, 7) is 1.52. The Balaban J connectivity index is 1.87. The van der Waals surface area contributed by atoms with Crippen LogP contribution in [0.25, 0.3) is 0 Å². The van der Waals surface area contributed by atoms with Crippen LogP contribution >= 0.6 is 11.6 Å². The van der Waals surface area contributed by atoms with E-state index >= 15 is 0 Å². The zero-order valence-corrected chi connectivity index (χ0v) is 10.9. The van der Waals surface area contributed by atoms with E-state index in [4.69, 9.17) is 11.6 Å². The minimum atomic E-state index is 0.148. The number of likely N-dealkylation sites (N-methyl/N-ethyl adjacent to an activating group) is 1. The van der Waals surface area contributed by atoms with E-state index in [-0.39, 0.29) is 5.78 Å². The lowest BCUT2D eigenvalue weighted by atomic mass is 9.85. The number of carbonyl (C=O) groups excluding carboxylic acids is 1. The fourth-order valence-corrected chi connectivity index (χ4v) is 2.37. The van der Waals surface area contributed by atoms with Crippen LogP contribution in [0.1, 0.15) is 29.6 Å². The molecule has 0 spiro atoms. The highest BCUT2D eigenvalue weighted by atomic mass is 35.5. The summed E-state index contributed by atoms with van der Waals surface area (Å²) >= 11 is 5.88. The largest absolute Gasteiger partial charge is 0.299 e. The molecule has 2 nitrogen and oxygen atoms in total. The van der Waals surface area contributed by atoms with Gasteiger partial charge in [-0.1, -0.05) is 30.2 Å². The summed E-state index contributed by atoms with van der Waals surface area (Å²) in [7, 11) is 2.01. The molecule has 17 heavy (non-hydrogen) atoms. The van der Waals surface area contributed by atoms with E-state index in [2.05, 4.69) is 4.90 Å². The molecule has 0 N–H and O–H groups in total. The maximum Gasteiger partial charge on any atom is 0.176 e. The maximum atomic E-state index is 12.0. The number of carbonyl (C=O) groups is 1. The van der Waals surface area contributed by atoms with Crippen LogP contribution in [0.5, 0.6) is 0 Å². The standard InChI is InChI=1S/C14H18ClNO/c1-16(9-11-4-2-5-11)10-14(17)12-6-3-7-13(15)8-12/h3,6-8,11H,2,4-5,9-10H2,1H3. The van der Waals surface area contributed by atoms with Crippen LogP contribution in [0.4, 0.5) is 0 Å². The van der Waals surface area contributed by atoms with Gasteiger partial charge in [0.05, 0.1) is 6.54 Å². The van der Waals surface area contributed by atoms with E-state index in [1.54, 1.807) is 12.1 Å². The highest BCUT2D eigenvalue weighted by Crippen LogP contribution is 2.26. The fraction of sp³-hybridized carbons (Fsp3) is 0.500. The average molecular weight is 252 g/mol. The third-order valence-corrected chi connectivity index (χ3v) is 3.59. The SMILES string of the molecule is CN(CC(=O)c1cccc(Cl)c1)CC1CCC1. The van der Waals surface area contributed by atoms with Gasteiger partial charge < -0.3 is 0 Å². The van der Waals surface area contributed by atoms with Crippen molar-refractivity contribution >= 4 is 17.4 Å². The Labute approximate surface area is 108 Å². The Bertz CT molecular complexity index is 401. The number of benzene rings is 1. The quantitative estimate of drug-likeness (QED) is 0.749. The van der Waals surface area contributed by atoms with Crippen molar-refractivity contribution in [3.8, 4) is 0 Å². The van der Waals surface area contributed by atoms with Crippen LogP contribution in [0.2, 0.25) is 5.02 Å². The molecule has 3 heteroatoms. The van der Waals surface area contributed by atoms with Crippen molar-refractivity contribution in [1.29, 1.82) is 0 Å². The van der Waals surface area contributed by atoms with Crippen molar-refractivity contribution < 1.29 is 4.79 Å². The molecule has 0 radical (unpaired) electrons. The van der Waals surface area contributed by atoms with Gasteiger partial charge in [-0.3, -0.25) is 9.69 Å². The topological polar surface area (TPSA) is 20.3 Å². The van der Waals surface area contributed by atoms with Crippen molar-refractivity contribution in [2.24, 2.45) is 5.92 Å². The average Bonchev–Trinajstić information content (AvgIpc) is 2.23. The minimum absolute atomic E-state index is 0.148. The van der Waals surface area contributed by atoms with Gasteiger partial charge in [-0.2, -0.15) is 0 Å². The molecule has 1 fully saturated rings. The van der Waals surface area contributed by atoms with E-state index in [1.165, 1.54) is 19.3 Å². The van der Waals surface area contributed by atoms with Crippen LogP contribution < -0.4 is 0 Å². The molecule has 1 aromatic rings. The maximum absolute atomic E-state index is 12.0. The molecule has 92 valence electrons. The van der Waals surface area contributed by atoms with Crippen LogP contribution in [-0.4, -0.2) is 30.8 Å². The molecular formula is C14H18ClNO. The highest BCUT2D eigenvalue weighted by molar-refractivity contribution is 6.31. The van der Waals surface area contributed by atoms with Crippen LogP contribution in [0.3, 0.4) is 0 Å². The van der Waals surface area contributed by atoms with Gasteiger partial charge in [-0.25, -0.2) is 0 Å². The van der Waals surface area contributed by atoms with Crippen molar-refractivity contribution in [2.45, 2.75) is 19.3 Å². The van der Waals surface area contributed by atoms with Gasteiger partial charge in [-0.05, 0) is 37.9 Å². The second kappa shape index (κ2) is 5.65. The molecule has 0 heterocycles. The number of ketones is 1. The summed E-state index contributed by atoms with van der Waals surface area (Å²) < 4.78 is 0. The van der Waals surface area contributed by atoms with E-state index in [0.29, 0.717) is 17.1 Å². The number of halogens is 1. The number of Topliss-reactive ketones (excluding diaryl/α,β-unsaturated/α-hetero) is 1. The van der Waals surface area contributed by atoms with Gasteiger partial charge in [0, 0.05) is 17.1 Å². The lowest BCUT2D eigenvalue weighted by Gasteiger charge is -2.29. The van der Waals surface area contributed by atoms with Crippen molar-refractivity contribution in [2.75, 3.05) is 20.1 Å². The molecule has 2 rings (SSSR count). The number of hydrogen-bond donors (Lipinski definition) is 0. The van der Waals surface area contributed by atoms with Gasteiger partial charge in [0.1, 0.15) is 0 Å². The fourth-order valence-electron chi connectivity index (χ4n) is 2.18. The molecule has 1 aliphatic carbocycles. The van der Waals surface area contributed by atoms with Crippen LogP contribution in [0, 0.1) is 5.92 Å². The molecule has 0 unspecified atom stereocenters. The molecule has 0 aliphatic heterocycles. The first-order chi connectivity index (χ1) is 8.15. The summed E-state index contributed by atoms with van der Waals surface area (Å²) in [5.41, 5.74) is 0.706. The first-order valence-corrected chi connectivity index (χ1v) is 6.50. The normalized spacial score (nSPS) is 15.9. The van der Waals surface area contributed by atoms with Crippen molar-refractivity contribution in [3.63, 3.8) is 0 Å². The van der Waals surface area contributed by atoms with E-state index in [0.717, 1.165) is 12.5 Å². The summed E-state index contributed by atoms with van der Waals surface area (Å²) in [5.74, 6) is 0.946. The Hall–Kier alpha value is -0.860. The Morgan fingerprint density at radius 1 is 1.47 bits per heavy atom. The Morgan fingerprint density at radius 3 is 2.82 bits per heavy atom. The van der Waals surface area contributed by atoms with E-state index in [9.17, 15) is 4.79 Å². The Kier molecular flexibility index (Phi) is 4.19. The zero-order valence-electron chi connectivity index (χ0n) is 10.2. The predicted molar refractivity (Wildman–Crippen MR) is 70.6 cm³/mol. The third kappa shape index (κ3) is 3.55. The van der Waals surface area contributed by atoms with E-state index < -0.39 is 0 Å². The van der Waals surface area contributed by atoms with Crippen molar-refractivity contribution in [3.05, 3.63) is 34.9 Å². The first kappa shape index (κ1) is 12.6. The zero-order chi connectivity index (χ0) is 12.3. The molecule has 1 saturated carbocycles. The molecule has 0 atom stereocenters. The highest BCUT2D eigenvalue weighted by Gasteiger charge is 2.20. The lowest BCUT2D eigenvalue weighted by molar-refractivity contribution is 0.0925. The van der Waals surface area contributed by atoms with Crippen LogP contribution in [0.15, 0.2) is 24.3 Å². The van der Waals surface area contributed by atoms with Gasteiger partial charge in [0.25, 0.3) is 0 Å². The summed E-state index contributed by atoms with van der Waals surface area (Å²) in [6.07, 6.45) is 3.98. The summed E-state index contributed by atoms with van der Waals surface area (Å²) in [6, 6.07) is 7.17. The number of rotatable bonds is 5. The summed E-state index contributed by atoms with van der Waals surface area (Å²) in [5, 5.41) is 0.623. The Morgan fingerprint density at radius 2 is 2.24 bits per heavy atom. The molecule has 0 bridgehead atoms. The van der Waals surface area contributed by atoms with Gasteiger partial charge in [-0.15, -0.1) is 0 Å². The molecular weight excluding hydrogens is 234 g/mol. The monoisotopic (exact) mass is 251 g/mol. The molecule has 1 aromatic carbocycles. The molecule has 0 aromatic heterocycles. The van der Waals surface area contributed by atoms with E-state index in [1.807, 2.05) is 19.2 Å². The number of nitrogens with zero attached hydrogens (tertiary/aromatic N) is 1. The molecule has 0 saturated heterocycles. The number of hydrogen-bond acceptors (Lipinski definition) is 2. The van der Waals surface area contributed by atoms with Crippen molar-refractivity contribution in [1.82, 2.24) is 4.90 Å². The van der Waals surface area contributed by atoms with Gasteiger partial charge >= 0.3 is 0 Å². The van der Waals surface area contributed by atoms with Crippen LogP contribution in [-0.2, 0) is 0 Å². The summed E-state index contributed by atoms with van der Waals surface area (Å²) in [4.78, 5) is 14.1. The third-order valence-electron chi connectivity index (χ3n) is 3.35. The van der Waals surface area contributed by atoms with Gasteiger partial charge in [0.15, 0.2) is 5.78 Å². The smallest absolute Gasteiger partial charge is 0.176 e. The minimum Gasteiger partial charge on any atom is -0.299 e. The predicted octanol–water partition coefficient (Wildman–Crippen LogP) is 3.25.